The van der Waals surface area contributed by atoms with Gasteiger partial charge in [-0.25, -0.2) is 14.4 Å². The molecular weight excluding hydrogens is 469 g/mol. The van der Waals surface area contributed by atoms with E-state index >= 15 is 0 Å². The van der Waals surface area contributed by atoms with Crippen LogP contribution in [0.4, 0.5) is 10.3 Å². The summed E-state index contributed by atoms with van der Waals surface area (Å²) in [5, 5.41) is 22.8. The van der Waals surface area contributed by atoms with Gasteiger partial charge in [-0.15, -0.1) is 11.3 Å². The van der Waals surface area contributed by atoms with E-state index in [2.05, 4.69) is 20.3 Å². The molecule has 1 aliphatic rings. The van der Waals surface area contributed by atoms with Gasteiger partial charge in [0.15, 0.2) is 11.4 Å². The second-order valence-corrected chi connectivity index (χ2v) is 8.52. The first-order valence-electron chi connectivity index (χ1n) is 9.81. The van der Waals surface area contributed by atoms with E-state index in [9.17, 15) is 14.0 Å². The molecule has 0 spiro atoms. The Morgan fingerprint density at radius 1 is 1.24 bits per heavy atom. The number of benzene rings is 1. The zero-order valence-electron chi connectivity index (χ0n) is 16.9. The van der Waals surface area contributed by atoms with Crippen molar-refractivity contribution < 1.29 is 14.0 Å². The van der Waals surface area contributed by atoms with Crippen molar-refractivity contribution in [3.05, 3.63) is 62.1 Å². The molecule has 166 valence electrons. The number of hydrogen-bond acceptors (Lipinski definition) is 7. The van der Waals surface area contributed by atoms with Gasteiger partial charge in [-0.3, -0.25) is 14.9 Å². The van der Waals surface area contributed by atoms with Crippen molar-refractivity contribution in [1.82, 2.24) is 19.9 Å². The number of halogens is 2. The number of aromatic amines is 1. The Bertz CT molecular complexity index is 1260. The highest BCUT2D eigenvalue weighted by atomic mass is 35.5. The number of thiazole rings is 1. The number of carbonyl (C=O) groups excluding carboxylic acids is 2. The van der Waals surface area contributed by atoms with Crippen molar-refractivity contribution >= 4 is 40.7 Å². The van der Waals surface area contributed by atoms with Crippen LogP contribution < -0.4 is 5.32 Å². The molecule has 1 aromatic carbocycles. The maximum atomic E-state index is 14.1. The van der Waals surface area contributed by atoms with Gasteiger partial charge in [0.1, 0.15) is 23.6 Å². The summed E-state index contributed by atoms with van der Waals surface area (Å²) >= 11 is 7.34. The molecule has 1 aliphatic heterocycles. The van der Waals surface area contributed by atoms with Crippen LogP contribution in [0.3, 0.4) is 0 Å². The number of rotatable bonds is 4. The number of anilines is 1. The number of H-pyrrole nitrogens is 1. The minimum atomic E-state index is -0.648. The van der Waals surface area contributed by atoms with Crippen LogP contribution in [0.2, 0.25) is 5.02 Å². The highest BCUT2D eigenvalue weighted by Gasteiger charge is 2.29. The van der Waals surface area contributed by atoms with Crippen LogP contribution >= 0.6 is 22.9 Å². The van der Waals surface area contributed by atoms with Crippen LogP contribution in [-0.4, -0.2) is 44.8 Å². The highest BCUT2D eigenvalue weighted by molar-refractivity contribution is 7.10. The number of nitriles is 2. The summed E-state index contributed by atoms with van der Waals surface area (Å²) < 4.78 is 14.1. The number of piperidine rings is 1. The largest absolute Gasteiger partial charge is 0.338 e. The van der Waals surface area contributed by atoms with E-state index in [4.69, 9.17) is 22.1 Å². The van der Waals surface area contributed by atoms with E-state index < -0.39 is 17.6 Å². The van der Waals surface area contributed by atoms with Gasteiger partial charge in [-0.1, -0.05) is 17.7 Å². The average Bonchev–Trinajstić information content (AvgIpc) is 3.46. The first kappa shape index (κ1) is 22.4. The lowest BCUT2D eigenvalue weighted by molar-refractivity contribution is 0.0708. The molecule has 0 unspecified atom stereocenters. The van der Waals surface area contributed by atoms with E-state index in [-0.39, 0.29) is 39.5 Å². The molecule has 0 atom stereocenters. The SMILES string of the molecule is N#Cc1nc(NC(=O)c2csc(C3CCN(C(=O)c4c(F)cccc4Cl)CC3)n2)[nH]c1C#N. The van der Waals surface area contributed by atoms with Crippen LogP contribution in [0, 0.1) is 28.5 Å². The summed E-state index contributed by atoms with van der Waals surface area (Å²) in [4.78, 5) is 37.6. The molecule has 2 N–H and O–H groups in total. The number of hydrogen-bond donors (Lipinski definition) is 2. The molecule has 0 radical (unpaired) electrons. The molecule has 2 aromatic heterocycles. The maximum Gasteiger partial charge on any atom is 0.277 e. The smallest absolute Gasteiger partial charge is 0.277 e. The Kier molecular flexibility index (Phi) is 6.36. The van der Waals surface area contributed by atoms with Gasteiger partial charge >= 0.3 is 0 Å². The number of nitrogens with one attached hydrogen (secondary N) is 2. The van der Waals surface area contributed by atoms with Crippen molar-refractivity contribution in [2.24, 2.45) is 0 Å². The van der Waals surface area contributed by atoms with Crippen molar-refractivity contribution in [2.45, 2.75) is 18.8 Å². The van der Waals surface area contributed by atoms with Gasteiger partial charge in [0, 0.05) is 24.4 Å². The van der Waals surface area contributed by atoms with Gasteiger partial charge in [0.2, 0.25) is 5.95 Å². The number of likely N-dealkylation sites (tertiary alicyclic amines) is 1. The van der Waals surface area contributed by atoms with E-state index in [1.54, 1.807) is 22.4 Å². The van der Waals surface area contributed by atoms with Crippen LogP contribution in [0.1, 0.15) is 56.0 Å². The number of carbonyl (C=O) groups is 2. The second-order valence-electron chi connectivity index (χ2n) is 7.22. The van der Waals surface area contributed by atoms with Crippen LogP contribution in [0.5, 0.6) is 0 Å². The van der Waals surface area contributed by atoms with Gasteiger partial charge < -0.3 is 9.88 Å². The van der Waals surface area contributed by atoms with E-state index in [1.165, 1.54) is 29.5 Å². The summed E-state index contributed by atoms with van der Waals surface area (Å²) in [6, 6.07) is 7.71. The molecule has 0 aliphatic carbocycles. The van der Waals surface area contributed by atoms with Crippen LogP contribution in [-0.2, 0) is 0 Å². The third-order valence-electron chi connectivity index (χ3n) is 5.22. The fraction of sp³-hybridized carbons (Fsp3) is 0.238. The first-order valence-corrected chi connectivity index (χ1v) is 11.1. The van der Waals surface area contributed by atoms with Gasteiger partial charge in [-0.05, 0) is 25.0 Å². The number of imidazole rings is 1. The van der Waals surface area contributed by atoms with Crippen molar-refractivity contribution in [1.29, 1.82) is 10.5 Å². The zero-order chi connectivity index (χ0) is 23.5. The molecule has 2 amide bonds. The fourth-order valence-corrected chi connectivity index (χ4v) is 4.75. The molecule has 33 heavy (non-hydrogen) atoms. The lowest BCUT2D eigenvalue weighted by Crippen LogP contribution is -2.38. The van der Waals surface area contributed by atoms with E-state index in [0.717, 1.165) is 5.01 Å². The minimum absolute atomic E-state index is 0.0127. The highest BCUT2D eigenvalue weighted by Crippen LogP contribution is 2.32. The minimum Gasteiger partial charge on any atom is -0.338 e. The van der Waals surface area contributed by atoms with E-state index in [0.29, 0.717) is 25.9 Å². The molecule has 3 aromatic rings. The predicted molar refractivity (Wildman–Crippen MR) is 117 cm³/mol. The van der Waals surface area contributed by atoms with Gasteiger partial charge in [0.05, 0.1) is 15.6 Å². The van der Waals surface area contributed by atoms with Crippen molar-refractivity contribution in [2.75, 3.05) is 18.4 Å². The third kappa shape index (κ3) is 4.55. The molecule has 0 saturated carbocycles. The molecule has 12 heteroatoms. The summed E-state index contributed by atoms with van der Waals surface area (Å²) in [5.74, 6) is -1.58. The maximum absolute atomic E-state index is 14.1. The second kappa shape index (κ2) is 9.36. The molecule has 1 saturated heterocycles. The van der Waals surface area contributed by atoms with Gasteiger partial charge in [-0.2, -0.15) is 10.5 Å². The normalized spacial score (nSPS) is 13.9. The first-order chi connectivity index (χ1) is 15.9. The average molecular weight is 484 g/mol. The number of amides is 2. The van der Waals surface area contributed by atoms with E-state index in [1.807, 2.05) is 0 Å². The van der Waals surface area contributed by atoms with Crippen LogP contribution in [0.15, 0.2) is 23.6 Å². The van der Waals surface area contributed by atoms with Gasteiger partial charge in [0.25, 0.3) is 11.8 Å². The van der Waals surface area contributed by atoms with Crippen LogP contribution in [0.25, 0.3) is 0 Å². The Hall–Kier alpha value is -3.80. The Morgan fingerprint density at radius 2 is 2.00 bits per heavy atom. The quantitative estimate of drug-likeness (QED) is 0.580. The number of aromatic nitrogens is 3. The molecule has 3 heterocycles. The monoisotopic (exact) mass is 483 g/mol. The summed E-state index contributed by atoms with van der Waals surface area (Å²) in [6.07, 6.45) is 1.23. The molecular formula is C21H15ClFN7O2S. The topological polar surface area (TPSA) is 139 Å². The lowest BCUT2D eigenvalue weighted by atomic mass is 9.97. The number of nitrogens with zero attached hydrogens (tertiary/aromatic N) is 5. The molecule has 9 nitrogen and oxygen atoms in total. The molecule has 1 fully saturated rings. The lowest BCUT2D eigenvalue weighted by Gasteiger charge is -2.31. The Labute approximate surface area is 196 Å². The third-order valence-corrected chi connectivity index (χ3v) is 6.54. The summed E-state index contributed by atoms with van der Waals surface area (Å²) in [7, 11) is 0. The molecule has 4 rings (SSSR count). The van der Waals surface area contributed by atoms with Crippen molar-refractivity contribution in [3.8, 4) is 12.1 Å². The zero-order valence-corrected chi connectivity index (χ0v) is 18.5. The predicted octanol–water partition coefficient (Wildman–Crippen LogP) is 3.67. The summed E-state index contributed by atoms with van der Waals surface area (Å²) in [6.45, 7) is 0.824. The Balaban J connectivity index is 1.38. The standard InChI is InChI=1S/C21H15ClFN7O2S/c22-12-2-1-3-13(23)17(12)20(32)30-6-4-11(5-7-30)19-26-16(10-33-19)18(31)29-21-27-14(8-24)15(9-25)28-21/h1-3,10-11H,4-7H2,(H2,27,28,29,31). The summed E-state index contributed by atoms with van der Waals surface area (Å²) in [5.41, 5.74) is -0.0857. The van der Waals surface area contributed by atoms with Crippen molar-refractivity contribution in [3.63, 3.8) is 0 Å². The Morgan fingerprint density at radius 3 is 2.64 bits per heavy atom. The fourth-order valence-electron chi connectivity index (χ4n) is 3.54. The molecule has 0 bridgehead atoms.